The molecule has 1 aliphatic rings. The summed E-state index contributed by atoms with van der Waals surface area (Å²) in [5, 5.41) is 10.0. The molecular formula is C19H20N2O2. The molecule has 23 heavy (non-hydrogen) atoms. The van der Waals surface area contributed by atoms with Crippen LogP contribution in [-0.4, -0.2) is 35.9 Å². The van der Waals surface area contributed by atoms with Gasteiger partial charge in [-0.25, -0.2) is 0 Å². The third-order valence-corrected chi connectivity index (χ3v) is 4.12. The zero-order chi connectivity index (χ0) is 16.6. The molecule has 3 rings (SSSR count). The molecule has 4 heteroatoms. The van der Waals surface area contributed by atoms with Crippen LogP contribution in [0.2, 0.25) is 0 Å². The Bertz CT molecular complexity index is 766. The average molecular weight is 308 g/mol. The summed E-state index contributed by atoms with van der Waals surface area (Å²) < 4.78 is 0. The number of anilines is 1. The fraction of sp³-hybridized carbons (Fsp3) is 0.263. The Kier molecular flexibility index (Phi) is 4.01. The van der Waals surface area contributed by atoms with Gasteiger partial charge in [-0.15, -0.1) is 0 Å². The van der Waals surface area contributed by atoms with Gasteiger partial charge >= 0.3 is 0 Å². The third kappa shape index (κ3) is 2.78. The molecule has 2 atom stereocenters. The summed E-state index contributed by atoms with van der Waals surface area (Å²) in [5.41, 5.74) is 4.51. The molecule has 0 fully saturated rings. The summed E-state index contributed by atoms with van der Waals surface area (Å²) in [6, 6.07) is 14.9. The molecule has 0 saturated heterocycles. The molecule has 2 aromatic rings. The number of aliphatic hydroxyl groups is 1. The van der Waals surface area contributed by atoms with E-state index in [0.717, 1.165) is 28.1 Å². The van der Waals surface area contributed by atoms with Crippen molar-refractivity contribution in [1.29, 1.82) is 0 Å². The second-order valence-electron chi connectivity index (χ2n) is 5.95. The SMILES string of the molecule is Cc1ccc2c(c1)C(c1ccccc1)=NC(C(C)O)C(=O)N2C. The summed E-state index contributed by atoms with van der Waals surface area (Å²) in [4.78, 5) is 18.9. The van der Waals surface area contributed by atoms with Crippen molar-refractivity contribution in [2.24, 2.45) is 4.99 Å². The van der Waals surface area contributed by atoms with Crippen LogP contribution in [0, 0.1) is 6.92 Å². The Hall–Kier alpha value is -2.46. The summed E-state index contributed by atoms with van der Waals surface area (Å²) >= 11 is 0. The van der Waals surface area contributed by atoms with Crippen molar-refractivity contribution >= 4 is 17.3 Å². The third-order valence-electron chi connectivity index (χ3n) is 4.12. The van der Waals surface area contributed by atoms with Crippen molar-refractivity contribution in [1.82, 2.24) is 0 Å². The van der Waals surface area contributed by atoms with Gasteiger partial charge < -0.3 is 10.0 Å². The van der Waals surface area contributed by atoms with Crippen LogP contribution in [0.1, 0.15) is 23.6 Å². The van der Waals surface area contributed by atoms with Gasteiger partial charge in [0.25, 0.3) is 5.91 Å². The van der Waals surface area contributed by atoms with Gasteiger partial charge in [0, 0.05) is 18.2 Å². The monoisotopic (exact) mass is 308 g/mol. The largest absolute Gasteiger partial charge is 0.391 e. The summed E-state index contributed by atoms with van der Waals surface area (Å²) in [5.74, 6) is -0.198. The first-order valence-corrected chi connectivity index (χ1v) is 7.69. The highest BCUT2D eigenvalue weighted by molar-refractivity contribution is 6.20. The maximum Gasteiger partial charge on any atom is 0.254 e. The topological polar surface area (TPSA) is 52.9 Å². The van der Waals surface area contributed by atoms with Gasteiger partial charge in [0.1, 0.15) is 0 Å². The molecule has 0 spiro atoms. The van der Waals surface area contributed by atoms with E-state index in [0.29, 0.717) is 0 Å². The molecule has 1 N–H and O–H groups in total. The predicted octanol–water partition coefficient (Wildman–Crippen LogP) is 2.56. The van der Waals surface area contributed by atoms with E-state index in [9.17, 15) is 9.90 Å². The molecule has 1 heterocycles. The number of aliphatic hydroxyl groups excluding tert-OH is 1. The van der Waals surface area contributed by atoms with E-state index < -0.39 is 12.1 Å². The van der Waals surface area contributed by atoms with E-state index in [4.69, 9.17) is 0 Å². The van der Waals surface area contributed by atoms with Gasteiger partial charge in [0.05, 0.1) is 17.5 Å². The lowest BCUT2D eigenvalue weighted by molar-refractivity contribution is -0.121. The van der Waals surface area contributed by atoms with Crippen molar-refractivity contribution in [3.8, 4) is 0 Å². The summed E-state index contributed by atoms with van der Waals surface area (Å²) in [7, 11) is 1.73. The second kappa shape index (κ2) is 5.97. The number of carbonyl (C=O) groups is 1. The number of benzene rings is 2. The van der Waals surface area contributed by atoms with Crippen LogP contribution in [0.3, 0.4) is 0 Å². The van der Waals surface area contributed by atoms with E-state index in [1.165, 1.54) is 0 Å². The van der Waals surface area contributed by atoms with Crippen LogP contribution in [0.25, 0.3) is 0 Å². The zero-order valence-corrected chi connectivity index (χ0v) is 13.5. The van der Waals surface area contributed by atoms with E-state index in [-0.39, 0.29) is 5.91 Å². The number of nitrogens with zero attached hydrogens (tertiary/aromatic N) is 2. The van der Waals surface area contributed by atoms with Crippen LogP contribution in [-0.2, 0) is 4.79 Å². The van der Waals surface area contributed by atoms with Crippen molar-refractivity contribution in [2.45, 2.75) is 26.0 Å². The molecule has 0 bridgehead atoms. The Labute approximate surface area is 136 Å². The Morgan fingerprint density at radius 1 is 1.17 bits per heavy atom. The Morgan fingerprint density at radius 2 is 1.87 bits per heavy atom. The quantitative estimate of drug-likeness (QED) is 0.927. The number of rotatable bonds is 2. The number of carbonyl (C=O) groups excluding carboxylic acids is 1. The predicted molar refractivity (Wildman–Crippen MR) is 92.1 cm³/mol. The zero-order valence-electron chi connectivity index (χ0n) is 13.5. The van der Waals surface area contributed by atoms with Crippen LogP contribution in [0.4, 0.5) is 5.69 Å². The standard InChI is InChI=1S/C19H20N2O2/c1-12-9-10-16-15(11-12)18(14-7-5-4-6-8-14)20-17(13(2)22)19(23)21(16)3/h4-11,13,17,22H,1-3H3. The molecule has 0 radical (unpaired) electrons. The highest BCUT2D eigenvalue weighted by Gasteiger charge is 2.32. The molecule has 1 amide bonds. The second-order valence-corrected chi connectivity index (χ2v) is 5.95. The fourth-order valence-corrected chi connectivity index (χ4v) is 2.85. The first-order valence-electron chi connectivity index (χ1n) is 7.69. The molecule has 4 nitrogen and oxygen atoms in total. The van der Waals surface area contributed by atoms with Crippen molar-refractivity contribution in [2.75, 3.05) is 11.9 Å². The molecule has 2 unspecified atom stereocenters. The minimum absolute atomic E-state index is 0.198. The van der Waals surface area contributed by atoms with Crippen LogP contribution in [0.15, 0.2) is 53.5 Å². The van der Waals surface area contributed by atoms with Gasteiger partial charge in [-0.3, -0.25) is 9.79 Å². The number of hydrogen-bond acceptors (Lipinski definition) is 3. The molecular weight excluding hydrogens is 288 g/mol. The van der Waals surface area contributed by atoms with Gasteiger partial charge in [-0.2, -0.15) is 0 Å². The number of fused-ring (bicyclic) bond motifs is 1. The molecule has 0 aliphatic carbocycles. The maximum atomic E-state index is 12.7. The lowest BCUT2D eigenvalue weighted by atomic mass is 9.98. The first-order chi connectivity index (χ1) is 11.0. The number of likely N-dealkylation sites (N-methyl/N-ethyl adjacent to an activating group) is 1. The maximum absolute atomic E-state index is 12.7. The lowest BCUT2D eigenvalue weighted by Crippen LogP contribution is -2.40. The molecule has 0 saturated carbocycles. The van der Waals surface area contributed by atoms with E-state index in [1.54, 1.807) is 18.9 Å². The van der Waals surface area contributed by atoms with Gasteiger partial charge in [0.2, 0.25) is 0 Å². The number of aliphatic imine (C=N–C) groups is 1. The molecule has 1 aliphatic heterocycles. The number of hydrogen-bond donors (Lipinski definition) is 1. The summed E-state index contributed by atoms with van der Waals surface area (Å²) in [6.45, 7) is 3.62. The molecule has 118 valence electrons. The number of amides is 1. The van der Waals surface area contributed by atoms with E-state index in [1.807, 2.05) is 55.5 Å². The highest BCUT2D eigenvalue weighted by atomic mass is 16.3. The first kappa shape index (κ1) is 15.4. The number of aryl methyl sites for hydroxylation is 1. The Morgan fingerprint density at radius 3 is 2.52 bits per heavy atom. The van der Waals surface area contributed by atoms with E-state index in [2.05, 4.69) is 4.99 Å². The van der Waals surface area contributed by atoms with Gasteiger partial charge in [-0.1, -0.05) is 42.0 Å². The highest BCUT2D eigenvalue weighted by Crippen LogP contribution is 2.29. The van der Waals surface area contributed by atoms with Crippen LogP contribution >= 0.6 is 0 Å². The minimum atomic E-state index is -0.848. The van der Waals surface area contributed by atoms with Gasteiger partial charge in [-0.05, 0) is 26.0 Å². The fourth-order valence-electron chi connectivity index (χ4n) is 2.85. The molecule has 2 aromatic carbocycles. The lowest BCUT2D eigenvalue weighted by Gasteiger charge is -2.21. The van der Waals surface area contributed by atoms with Crippen molar-refractivity contribution < 1.29 is 9.90 Å². The van der Waals surface area contributed by atoms with Crippen LogP contribution < -0.4 is 4.90 Å². The minimum Gasteiger partial charge on any atom is -0.391 e. The average Bonchev–Trinajstić information content (AvgIpc) is 2.64. The van der Waals surface area contributed by atoms with Crippen molar-refractivity contribution in [3.05, 3.63) is 65.2 Å². The van der Waals surface area contributed by atoms with Crippen LogP contribution in [0.5, 0.6) is 0 Å². The Balaban J connectivity index is 2.28. The van der Waals surface area contributed by atoms with E-state index >= 15 is 0 Å². The van der Waals surface area contributed by atoms with Crippen molar-refractivity contribution in [3.63, 3.8) is 0 Å². The van der Waals surface area contributed by atoms with Gasteiger partial charge in [0.15, 0.2) is 6.04 Å². The number of benzodiazepines with no additional fused rings is 1. The molecule has 0 aromatic heterocycles. The summed E-state index contributed by atoms with van der Waals surface area (Å²) in [6.07, 6.45) is -0.848. The normalized spacial score (nSPS) is 19.0. The smallest absolute Gasteiger partial charge is 0.254 e.